The van der Waals surface area contributed by atoms with E-state index in [1.165, 1.54) is 46.6 Å². The number of hydrogen-bond donors (Lipinski definition) is 0. The molecule has 2 atom stereocenters. The van der Waals surface area contributed by atoms with Crippen LogP contribution in [0.2, 0.25) is 0 Å². The first-order valence-electron chi connectivity index (χ1n) is 11.1. The maximum absolute atomic E-state index is 2.49. The summed E-state index contributed by atoms with van der Waals surface area (Å²) in [6, 6.07) is 13.9. The lowest BCUT2D eigenvalue weighted by Gasteiger charge is -2.38. The van der Waals surface area contributed by atoms with E-state index >= 15 is 0 Å². The fraction of sp³-hybridized carbons (Fsp3) is 0.172. The number of thiophene rings is 2. The lowest BCUT2D eigenvalue weighted by molar-refractivity contribution is 0.646. The van der Waals surface area contributed by atoms with Gasteiger partial charge < -0.3 is 0 Å². The van der Waals surface area contributed by atoms with Gasteiger partial charge in [-0.05, 0) is 82.3 Å². The van der Waals surface area contributed by atoms with Gasteiger partial charge in [-0.15, -0.1) is 22.7 Å². The molecule has 2 aromatic heterocycles. The third kappa shape index (κ3) is 2.58. The fourth-order valence-corrected chi connectivity index (χ4v) is 7.77. The third-order valence-corrected chi connectivity index (χ3v) is 9.39. The zero-order chi connectivity index (χ0) is 20.5. The molecule has 0 amide bonds. The van der Waals surface area contributed by atoms with E-state index in [-0.39, 0.29) is 0 Å². The summed E-state index contributed by atoms with van der Waals surface area (Å²) >= 11 is 3.82. The average molecular weight is 435 g/mol. The topological polar surface area (TPSA) is 0 Å². The van der Waals surface area contributed by atoms with Crippen LogP contribution in [0.4, 0.5) is 0 Å². The van der Waals surface area contributed by atoms with E-state index in [4.69, 9.17) is 0 Å². The van der Waals surface area contributed by atoms with E-state index < -0.39 is 0 Å². The van der Waals surface area contributed by atoms with Gasteiger partial charge in [0, 0.05) is 31.3 Å². The number of benzene rings is 1. The van der Waals surface area contributed by atoms with Crippen LogP contribution >= 0.6 is 22.7 Å². The zero-order valence-electron chi connectivity index (χ0n) is 17.4. The molecule has 0 radical (unpaired) electrons. The molecule has 2 unspecified atom stereocenters. The molecule has 3 aromatic rings. The highest BCUT2D eigenvalue weighted by molar-refractivity contribution is 7.23. The molecule has 7 rings (SSSR count). The average Bonchev–Trinajstić information content (AvgIpc) is 3.46. The van der Waals surface area contributed by atoms with Crippen LogP contribution in [-0.2, 0) is 0 Å². The Kier molecular flexibility index (Phi) is 3.85. The molecule has 0 spiro atoms. The number of hydrogen-bond acceptors (Lipinski definition) is 2. The van der Waals surface area contributed by atoms with E-state index in [0.29, 0.717) is 11.8 Å². The summed E-state index contributed by atoms with van der Waals surface area (Å²) in [5.41, 5.74) is 7.51. The summed E-state index contributed by atoms with van der Waals surface area (Å²) in [6.45, 7) is 2.19. The van der Waals surface area contributed by atoms with Crippen molar-refractivity contribution >= 4 is 39.9 Å². The second-order valence-corrected chi connectivity index (χ2v) is 11.2. The Bertz CT molecular complexity index is 1500. The van der Waals surface area contributed by atoms with Gasteiger partial charge >= 0.3 is 0 Å². The Hall–Kier alpha value is -2.68. The van der Waals surface area contributed by atoms with Crippen molar-refractivity contribution in [3.05, 3.63) is 99.3 Å². The van der Waals surface area contributed by atoms with Crippen LogP contribution < -0.4 is 10.4 Å². The highest BCUT2D eigenvalue weighted by Gasteiger charge is 2.36. The largest absolute Gasteiger partial charge is 0.140 e. The molecule has 0 N–H and O–H groups in total. The molecule has 4 aliphatic rings. The maximum Gasteiger partial charge on any atom is 0.0449 e. The lowest BCUT2D eigenvalue weighted by atomic mass is 9.65. The van der Waals surface area contributed by atoms with Gasteiger partial charge in [0.2, 0.25) is 0 Å². The molecule has 4 aliphatic carbocycles. The van der Waals surface area contributed by atoms with Gasteiger partial charge in [0.05, 0.1) is 0 Å². The molecule has 0 saturated carbocycles. The van der Waals surface area contributed by atoms with Crippen LogP contribution in [0, 0.1) is 18.8 Å². The molecule has 2 heteroatoms. The second-order valence-electron chi connectivity index (χ2n) is 8.81. The molecule has 0 nitrogen and oxygen atoms in total. The number of allylic oxidation sites excluding steroid dienone is 8. The van der Waals surface area contributed by atoms with Crippen molar-refractivity contribution in [2.45, 2.75) is 19.8 Å². The molecule has 0 aliphatic heterocycles. The van der Waals surface area contributed by atoms with Gasteiger partial charge in [-0.3, -0.25) is 0 Å². The zero-order valence-corrected chi connectivity index (χ0v) is 19.0. The van der Waals surface area contributed by atoms with Crippen LogP contribution in [-0.4, -0.2) is 0 Å². The van der Waals surface area contributed by atoms with Gasteiger partial charge in [-0.25, -0.2) is 0 Å². The van der Waals surface area contributed by atoms with Crippen molar-refractivity contribution in [2.24, 2.45) is 11.8 Å². The first kappa shape index (κ1) is 17.9. The number of aryl methyl sites for hydroxylation is 1. The van der Waals surface area contributed by atoms with E-state index in [1.807, 2.05) is 22.7 Å². The number of fused-ring (bicyclic) bond motifs is 2. The van der Waals surface area contributed by atoms with E-state index in [0.717, 1.165) is 12.8 Å². The summed E-state index contributed by atoms with van der Waals surface area (Å²) < 4.78 is 0. The predicted octanol–water partition coefficient (Wildman–Crippen LogP) is 6.87. The van der Waals surface area contributed by atoms with Crippen molar-refractivity contribution in [1.29, 1.82) is 0 Å². The standard InChI is InChI=1S/C29H22S2/c1-17-11-14-26(30-17)27-16-15-25(31-27)19-12-13-24-22-8-3-6-18-5-2-7-21(28(18)22)23-10-4-9-20(19)29(23)24/h2-3,5-9,11-16,18,28H,4,10H2,1H3. The van der Waals surface area contributed by atoms with Crippen molar-refractivity contribution < 1.29 is 0 Å². The maximum atomic E-state index is 2.49. The first-order chi connectivity index (χ1) is 15.3. The molecule has 0 fully saturated rings. The Morgan fingerprint density at radius 2 is 1.52 bits per heavy atom. The van der Waals surface area contributed by atoms with Crippen LogP contribution in [0.3, 0.4) is 0 Å². The van der Waals surface area contributed by atoms with Crippen molar-refractivity contribution in [1.82, 2.24) is 0 Å². The van der Waals surface area contributed by atoms with Crippen molar-refractivity contribution in [2.75, 3.05) is 0 Å². The van der Waals surface area contributed by atoms with Crippen LogP contribution in [0.5, 0.6) is 0 Å². The summed E-state index contributed by atoms with van der Waals surface area (Å²) in [4.78, 5) is 5.51. The normalized spacial score (nSPS) is 22.4. The Balaban J connectivity index is 1.47. The minimum atomic E-state index is 0.504. The van der Waals surface area contributed by atoms with Crippen LogP contribution in [0.25, 0.3) is 37.4 Å². The van der Waals surface area contributed by atoms with Gasteiger partial charge in [0.25, 0.3) is 0 Å². The molecule has 31 heavy (non-hydrogen) atoms. The summed E-state index contributed by atoms with van der Waals surface area (Å²) in [5, 5.41) is 2.96. The van der Waals surface area contributed by atoms with Crippen molar-refractivity contribution in [3.8, 4) is 20.2 Å². The predicted molar refractivity (Wildman–Crippen MR) is 135 cm³/mol. The minimum Gasteiger partial charge on any atom is -0.140 e. The van der Waals surface area contributed by atoms with E-state index in [9.17, 15) is 0 Å². The van der Waals surface area contributed by atoms with E-state index in [1.54, 1.807) is 11.1 Å². The van der Waals surface area contributed by atoms with Gasteiger partial charge in [0.15, 0.2) is 0 Å². The smallest absolute Gasteiger partial charge is 0.0449 e. The lowest BCUT2D eigenvalue weighted by Crippen LogP contribution is -2.41. The Labute approximate surface area is 190 Å². The third-order valence-electron chi connectivity index (χ3n) is 7.08. The fourth-order valence-electron chi connectivity index (χ4n) is 5.77. The molecular formula is C29H22S2. The summed E-state index contributed by atoms with van der Waals surface area (Å²) in [7, 11) is 0. The quantitative estimate of drug-likeness (QED) is 0.413. The molecular weight excluding hydrogens is 412 g/mol. The van der Waals surface area contributed by atoms with Crippen LogP contribution in [0.15, 0.2) is 78.4 Å². The molecule has 0 bridgehead atoms. The minimum absolute atomic E-state index is 0.504. The number of rotatable bonds is 2. The Morgan fingerprint density at radius 3 is 2.35 bits per heavy atom. The molecule has 1 aromatic carbocycles. The first-order valence-corrected chi connectivity index (χ1v) is 12.7. The summed E-state index contributed by atoms with van der Waals surface area (Å²) in [6.07, 6.45) is 18.8. The summed E-state index contributed by atoms with van der Waals surface area (Å²) in [5.74, 6) is 1.01. The van der Waals surface area contributed by atoms with Crippen LogP contribution in [0.1, 0.15) is 23.3 Å². The van der Waals surface area contributed by atoms with Gasteiger partial charge in [0.1, 0.15) is 0 Å². The van der Waals surface area contributed by atoms with Gasteiger partial charge in [-0.1, -0.05) is 54.7 Å². The van der Waals surface area contributed by atoms with E-state index in [2.05, 4.69) is 85.9 Å². The SMILES string of the molecule is Cc1ccc(-c2ccc(-c3ccc4c5c3=CCCC=5C3=CC=CC5C=CC=C4C35)s2)s1. The monoisotopic (exact) mass is 434 g/mol. The second kappa shape index (κ2) is 6.66. The molecule has 150 valence electrons. The highest BCUT2D eigenvalue weighted by atomic mass is 32.1. The molecule has 0 saturated heterocycles. The Morgan fingerprint density at radius 1 is 0.774 bits per heavy atom. The highest BCUT2D eigenvalue weighted by Crippen LogP contribution is 2.47. The van der Waals surface area contributed by atoms with Gasteiger partial charge in [-0.2, -0.15) is 0 Å². The molecule has 2 heterocycles. The van der Waals surface area contributed by atoms with Crippen molar-refractivity contribution in [3.63, 3.8) is 0 Å².